The molecule has 1 aromatic carbocycles. The van der Waals surface area contributed by atoms with E-state index in [-0.39, 0.29) is 17.2 Å². The van der Waals surface area contributed by atoms with Crippen LogP contribution in [0.1, 0.15) is 5.69 Å². The number of benzene rings is 1. The quantitative estimate of drug-likeness (QED) is 0.753. The van der Waals surface area contributed by atoms with Crippen LogP contribution in [-0.2, 0) is 10.5 Å². The highest BCUT2D eigenvalue weighted by molar-refractivity contribution is 7.99. The Bertz CT molecular complexity index is 890. The number of thiazole rings is 1. The molecule has 3 aromatic rings. The van der Waals surface area contributed by atoms with Crippen LogP contribution in [0.5, 0.6) is 0 Å². The fraction of sp³-hybridized carbons (Fsp3) is 0.133. The number of amides is 1. The third-order valence-electron chi connectivity index (χ3n) is 2.97. The Labute approximate surface area is 145 Å². The predicted molar refractivity (Wildman–Crippen MR) is 95.6 cm³/mol. The molecule has 3 rings (SSSR count). The largest absolute Gasteiger partial charge is 0.325 e. The third kappa shape index (κ3) is 4.13. The summed E-state index contributed by atoms with van der Waals surface area (Å²) in [6.07, 6.45) is 1.70. The molecule has 1 amide bonds. The maximum Gasteiger partial charge on any atom is 0.258 e. The molecule has 0 bridgehead atoms. The summed E-state index contributed by atoms with van der Waals surface area (Å²) < 4.78 is 1.51. The van der Waals surface area contributed by atoms with Crippen molar-refractivity contribution in [3.05, 3.63) is 63.0 Å². The molecule has 0 radical (unpaired) electrons. The van der Waals surface area contributed by atoms with Crippen LogP contribution < -0.4 is 10.9 Å². The van der Waals surface area contributed by atoms with Crippen molar-refractivity contribution < 1.29 is 4.79 Å². The molecular weight excluding hydrogens is 354 g/mol. The molecule has 1 N–H and O–H groups in total. The molecule has 2 heterocycles. The first-order valence-corrected chi connectivity index (χ1v) is 9.12. The summed E-state index contributed by atoms with van der Waals surface area (Å²) >= 11 is 8.62. The Morgan fingerprint density at radius 2 is 2.13 bits per heavy atom. The van der Waals surface area contributed by atoms with E-state index in [1.54, 1.807) is 30.5 Å². The molecule has 0 aliphatic carbocycles. The van der Waals surface area contributed by atoms with Gasteiger partial charge in [0.15, 0.2) is 4.96 Å². The zero-order valence-corrected chi connectivity index (χ0v) is 14.2. The standard InChI is InChI=1S/C15H12ClN3O2S2/c16-10-1-3-11(4-2-10)17-13(20)9-22-8-12-7-14(21)19-5-6-23-15(19)18-12/h1-7H,8-9H2,(H,17,20). The lowest BCUT2D eigenvalue weighted by Crippen LogP contribution is -2.15. The number of anilines is 1. The summed E-state index contributed by atoms with van der Waals surface area (Å²) in [7, 11) is 0. The molecule has 0 saturated carbocycles. The van der Waals surface area contributed by atoms with Crippen molar-refractivity contribution in [3.8, 4) is 0 Å². The lowest BCUT2D eigenvalue weighted by Gasteiger charge is -2.05. The lowest BCUT2D eigenvalue weighted by molar-refractivity contribution is -0.113. The zero-order valence-electron chi connectivity index (χ0n) is 11.9. The molecule has 23 heavy (non-hydrogen) atoms. The van der Waals surface area contributed by atoms with E-state index in [9.17, 15) is 9.59 Å². The minimum atomic E-state index is -0.105. The van der Waals surface area contributed by atoms with Crippen LogP contribution in [0.25, 0.3) is 4.96 Å². The summed E-state index contributed by atoms with van der Waals surface area (Å²) in [6.45, 7) is 0. The molecule has 0 unspecified atom stereocenters. The van der Waals surface area contributed by atoms with Gasteiger partial charge in [-0.05, 0) is 24.3 Å². The second kappa shape index (κ2) is 7.16. The van der Waals surface area contributed by atoms with E-state index in [0.717, 1.165) is 0 Å². The van der Waals surface area contributed by atoms with Gasteiger partial charge in [0, 0.05) is 34.1 Å². The van der Waals surface area contributed by atoms with E-state index < -0.39 is 0 Å². The zero-order chi connectivity index (χ0) is 16.2. The molecule has 0 aliphatic heterocycles. The Kier molecular flexibility index (Phi) is 5.00. The van der Waals surface area contributed by atoms with Gasteiger partial charge in [-0.25, -0.2) is 4.98 Å². The number of hydrogen-bond donors (Lipinski definition) is 1. The SMILES string of the molecule is O=C(CSCc1cc(=O)n2ccsc2n1)Nc1ccc(Cl)cc1. The number of nitrogens with zero attached hydrogens (tertiary/aromatic N) is 2. The van der Waals surface area contributed by atoms with Crippen LogP contribution in [0.3, 0.4) is 0 Å². The number of aromatic nitrogens is 2. The summed E-state index contributed by atoms with van der Waals surface area (Å²) in [4.78, 5) is 28.8. The highest BCUT2D eigenvalue weighted by Crippen LogP contribution is 2.15. The van der Waals surface area contributed by atoms with Gasteiger partial charge >= 0.3 is 0 Å². The fourth-order valence-corrected chi connectivity index (χ4v) is 3.52. The van der Waals surface area contributed by atoms with Crippen molar-refractivity contribution in [2.24, 2.45) is 0 Å². The van der Waals surface area contributed by atoms with Crippen molar-refractivity contribution in [1.29, 1.82) is 0 Å². The van der Waals surface area contributed by atoms with Crippen LogP contribution in [0.2, 0.25) is 5.02 Å². The highest BCUT2D eigenvalue weighted by Gasteiger charge is 2.06. The van der Waals surface area contributed by atoms with Crippen LogP contribution >= 0.6 is 34.7 Å². The van der Waals surface area contributed by atoms with Crippen LogP contribution in [0.15, 0.2) is 46.7 Å². The smallest absolute Gasteiger partial charge is 0.258 e. The molecule has 0 atom stereocenters. The Morgan fingerprint density at radius 3 is 2.91 bits per heavy atom. The maximum absolute atomic E-state index is 11.9. The Morgan fingerprint density at radius 1 is 1.35 bits per heavy atom. The van der Waals surface area contributed by atoms with Gasteiger partial charge in [-0.2, -0.15) is 0 Å². The van der Waals surface area contributed by atoms with Gasteiger partial charge in [-0.3, -0.25) is 14.0 Å². The predicted octanol–water partition coefficient (Wildman–Crippen LogP) is 3.28. The number of fused-ring (bicyclic) bond motifs is 1. The van der Waals surface area contributed by atoms with Gasteiger partial charge in [0.1, 0.15) is 0 Å². The van der Waals surface area contributed by atoms with Crippen LogP contribution in [0.4, 0.5) is 5.69 Å². The monoisotopic (exact) mass is 365 g/mol. The molecule has 5 nitrogen and oxygen atoms in total. The van der Waals surface area contributed by atoms with Gasteiger partial charge in [0.2, 0.25) is 5.91 Å². The summed E-state index contributed by atoms with van der Waals surface area (Å²) in [5.74, 6) is 0.692. The highest BCUT2D eigenvalue weighted by atomic mass is 35.5. The molecule has 0 saturated heterocycles. The molecule has 0 fully saturated rings. The number of nitrogens with one attached hydrogen (secondary N) is 1. The number of halogens is 1. The van der Waals surface area contributed by atoms with Crippen LogP contribution in [0, 0.1) is 0 Å². The van der Waals surface area contributed by atoms with E-state index in [1.165, 1.54) is 33.6 Å². The minimum Gasteiger partial charge on any atom is -0.325 e. The normalized spacial score (nSPS) is 10.8. The minimum absolute atomic E-state index is 0.0996. The second-order valence-corrected chi connectivity index (χ2v) is 6.98. The van der Waals surface area contributed by atoms with Crippen LogP contribution in [-0.4, -0.2) is 21.0 Å². The summed E-state index contributed by atoms with van der Waals surface area (Å²) in [5.41, 5.74) is 1.29. The van der Waals surface area contributed by atoms with Gasteiger partial charge in [-0.1, -0.05) is 11.6 Å². The first-order valence-electron chi connectivity index (χ1n) is 6.71. The van der Waals surface area contributed by atoms with E-state index in [0.29, 0.717) is 27.1 Å². The summed E-state index contributed by atoms with van der Waals surface area (Å²) in [6, 6.07) is 8.44. The van der Waals surface area contributed by atoms with Gasteiger partial charge in [0.25, 0.3) is 5.56 Å². The number of hydrogen-bond acceptors (Lipinski definition) is 5. The second-order valence-electron chi connectivity index (χ2n) is 4.69. The van der Waals surface area contributed by atoms with E-state index in [4.69, 9.17) is 11.6 Å². The summed E-state index contributed by atoms with van der Waals surface area (Å²) in [5, 5.41) is 5.23. The Balaban J connectivity index is 1.54. The van der Waals surface area contributed by atoms with Crippen molar-refractivity contribution in [2.45, 2.75) is 5.75 Å². The van der Waals surface area contributed by atoms with Crippen molar-refractivity contribution >= 4 is 51.3 Å². The average Bonchev–Trinajstić information content (AvgIpc) is 2.99. The topological polar surface area (TPSA) is 63.5 Å². The molecular formula is C15H12ClN3O2S2. The molecule has 2 aromatic heterocycles. The number of carbonyl (C=O) groups is 1. The molecule has 118 valence electrons. The Hall–Kier alpha value is -1.83. The lowest BCUT2D eigenvalue weighted by atomic mass is 10.3. The van der Waals surface area contributed by atoms with E-state index in [1.807, 2.05) is 5.38 Å². The van der Waals surface area contributed by atoms with Crippen molar-refractivity contribution in [2.75, 3.05) is 11.1 Å². The fourth-order valence-electron chi connectivity index (χ4n) is 1.94. The van der Waals surface area contributed by atoms with Crippen molar-refractivity contribution in [1.82, 2.24) is 9.38 Å². The van der Waals surface area contributed by atoms with E-state index >= 15 is 0 Å². The average molecular weight is 366 g/mol. The molecule has 0 spiro atoms. The van der Waals surface area contributed by atoms with Crippen molar-refractivity contribution in [3.63, 3.8) is 0 Å². The number of carbonyl (C=O) groups excluding carboxylic acids is 1. The maximum atomic E-state index is 11.9. The van der Waals surface area contributed by atoms with Gasteiger partial charge < -0.3 is 5.32 Å². The third-order valence-corrected chi connectivity index (χ3v) is 4.94. The first-order chi connectivity index (χ1) is 11.1. The molecule has 0 aliphatic rings. The van der Waals surface area contributed by atoms with Gasteiger partial charge in [0.05, 0.1) is 11.4 Å². The first kappa shape index (κ1) is 16.0. The number of rotatable bonds is 5. The number of thioether (sulfide) groups is 1. The van der Waals surface area contributed by atoms with E-state index in [2.05, 4.69) is 10.3 Å². The molecule has 8 heteroatoms. The van der Waals surface area contributed by atoms with Gasteiger partial charge in [-0.15, -0.1) is 23.1 Å².